The van der Waals surface area contributed by atoms with E-state index in [-0.39, 0.29) is 6.10 Å². The van der Waals surface area contributed by atoms with Crippen LogP contribution < -0.4 is 15.0 Å². The Morgan fingerprint density at radius 2 is 1.77 bits per heavy atom. The van der Waals surface area contributed by atoms with Gasteiger partial charge in [-0.3, -0.25) is 4.90 Å². The average Bonchev–Trinajstić information content (AvgIpc) is 2.81. The minimum atomic E-state index is 0.0732. The van der Waals surface area contributed by atoms with E-state index >= 15 is 0 Å². The lowest BCUT2D eigenvalue weighted by Crippen LogP contribution is -2.17. The molecule has 0 spiro atoms. The van der Waals surface area contributed by atoms with E-state index in [1.54, 1.807) is 4.90 Å². The predicted octanol–water partition coefficient (Wildman–Crippen LogP) is 4.48. The van der Waals surface area contributed by atoms with E-state index in [1.807, 2.05) is 14.1 Å². The summed E-state index contributed by atoms with van der Waals surface area (Å²) in [6, 6.07) is 4.75. The van der Waals surface area contributed by atoms with Crippen molar-refractivity contribution >= 4 is 11.6 Å². The average molecular weight is 420 g/mol. The van der Waals surface area contributed by atoms with Crippen molar-refractivity contribution in [3.05, 3.63) is 23.0 Å². The minimum Gasteiger partial charge on any atom is -0.472 e. The van der Waals surface area contributed by atoms with Crippen molar-refractivity contribution in [2.24, 2.45) is 0 Å². The summed E-state index contributed by atoms with van der Waals surface area (Å²) < 4.78 is 6.13. The first-order chi connectivity index (χ1) is 15.0. The molecule has 31 heavy (non-hydrogen) atoms. The largest absolute Gasteiger partial charge is 0.472 e. The molecule has 0 atom stereocenters. The summed E-state index contributed by atoms with van der Waals surface area (Å²) in [6.07, 6.45) is 15.0. The molecule has 0 radical (unpaired) electrons. The number of nitrogens with one attached hydrogen (secondary N) is 1. The van der Waals surface area contributed by atoms with Crippen LogP contribution in [0.3, 0.4) is 0 Å². The van der Waals surface area contributed by atoms with Crippen LogP contribution in [0.1, 0.15) is 57.5 Å². The molecule has 2 aromatic rings. The van der Waals surface area contributed by atoms with Gasteiger partial charge in [0.2, 0.25) is 0 Å². The van der Waals surface area contributed by atoms with Crippen LogP contribution in [0.2, 0.25) is 0 Å². The number of ether oxygens (including phenoxy) is 1. The molecule has 0 aliphatic rings. The van der Waals surface area contributed by atoms with Crippen LogP contribution in [-0.2, 0) is 19.3 Å². The van der Waals surface area contributed by atoms with Gasteiger partial charge >= 0.3 is 0 Å². The summed E-state index contributed by atoms with van der Waals surface area (Å²) >= 11 is 0. The summed E-state index contributed by atoms with van der Waals surface area (Å²) in [7, 11) is 3.66. The van der Waals surface area contributed by atoms with E-state index in [0.29, 0.717) is 23.8 Å². The third-order valence-corrected chi connectivity index (χ3v) is 5.27. The molecule has 0 saturated heterocycles. The quantitative estimate of drug-likeness (QED) is 0.453. The zero-order valence-corrected chi connectivity index (χ0v) is 19.5. The molecular formula is C25H33N5O. The fourth-order valence-corrected chi connectivity index (χ4v) is 3.41. The second-order valence-corrected chi connectivity index (χ2v) is 7.22. The van der Waals surface area contributed by atoms with E-state index in [1.165, 1.54) is 0 Å². The van der Waals surface area contributed by atoms with Gasteiger partial charge < -0.3 is 10.1 Å². The third-order valence-electron chi connectivity index (χ3n) is 5.27. The van der Waals surface area contributed by atoms with Crippen molar-refractivity contribution in [2.75, 3.05) is 24.3 Å². The Hall–Kier alpha value is -3.25. The number of rotatable bonds is 10. The second kappa shape index (κ2) is 11.2. The van der Waals surface area contributed by atoms with E-state index in [9.17, 15) is 0 Å². The van der Waals surface area contributed by atoms with Crippen molar-refractivity contribution < 1.29 is 4.74 Å². The molecule has 0 aliphatic carbocycles. The van der Waals surface area contributed by atoms with Crippen LogP contribution in [0.5, 0.6) is 5.88 Å². The topological polar surface area (TPSA) is 63.2 Å². The number of nitrogens with zero attached hydrogens (tertiary/aromatic N) is 4. The molecular weight excluding hydrogens is 386 g/mol. The first-order valence-corrected chi connectivity index (χ1v) is 10.9. The number of pyridine rings is 1. The van der Waals surface area contributed by atoms with Gasteiger partial charge in [0.1, 0.15) is 11.9 Å². The van der Waals surface area contributed by atoms with Gasteiger partial charge in [0.05, 0.1) is 23.5 Å². The molecule has 0 aliphatic heterocycles. The number of anilines is 2. The molecule has 0 bridgehead atoms. The molecule has 0 saturated carbocycles. The Morgan fingerprint density at radius 3 is 2.29 bits per heavy atom. The van der Waals surface area contributed by atoms with E-state index in [0.717, 1.165) is 54.0 Å². The van der Waals surface area contributed by atoms with Gasteiger partial charge in [-0.25, -0.2) is 15.0 Å². The highest BCUT2D eigenvalue weighted by molar-refractivity contribution is 5.71. The SMILES string of the molecule is C#CCc1nc(OC(CC)CC)c(NC)nc1-c1cc(CC)c(N(C)C#C)nc1CC. The Kier molecular flexibility index (Phi) is 8.70. The number of hydrogen-bond acceptors (Lipinski definition) is 6. The second-order valence-electron chi connectivity index (χ2n) is 7.22. The first kappa shape index (κ1) is 24.0. The van der Waals surface area contributed by atoms with Crippen LogP contribution in [0.4, 0.5) is 11.6 Å². The molecule has 1 N–H and O–H groups in total. The molecule has 2 aromatic heterocycles. The van der Waals surface area contributed by atoms with Gasteiger partial charge in [0.15, 0.2) is 5.82 Å². The number of aromatic nitrogens is 3. The van der Waals surface area contributed by atoms with Gasteiger partial charge in [0.25, 0.3) is 5.88 Å². The lowest BCUT2D eigenvalue weighted by molar-refractivity contribution is 0.185. The summed E-state index contributed by atoms with van der Waals surface area (Å²) in [6.45, 7) is 8.34. The van der Waals surface area contributed by atoms with Crippen molar-refractivity contribution in [2.45, 2.75) is 65.9 Å². The Morgan fingerprint density at radius 1 is 1.06 bits per heavy atom. The van der Waals surface area contributed by atoms with Crippen molar-refractivity contribution in [3.8, 4) is 41.9 Å². The smallest absolute Gasteiger partial charge is 0.258 e. The normalized spacial score (nSPS) is 10.5. The van der Waals surface area contributed by atoms with Crippen molar-refractivity contribution in [1.29, 1.82) is 0 Å². The molecule has 0 fully saturated rings. The minimum absolute atomic E-state index is 0.0732. The Bertz CT molecular complexity index is 983. The summed E-state index contributed by atoms with van der Waals surface area (Å²) in [5.74, 6) is 4.58. The maximum Gasteiger partial charge on any atom is 0.258 e. The number of aryl methyl sites for hydroxylation is 2. The predicted molar refractivity (Wildman–Crippen MR) is 128 cm³/mol. The molecule has 2 rings (SSSR count). The van der Waals surface area contributed by atoms with E-state index < -0.39 is 0 Å². The molecule has 0 unspecified atom stereocenters. The first-order valence-electron chi connectivity index (χ1n) is 10.9. The van der Waals surface area contributed by atoms with E-state index in [2.05, 4.69) is 51.0 Å². The molecule has 2 heterocycles. The molecule has 0 aromatic carbocycles. The van der Waals surface area contributed by atoms with Crippen LogP contribution in [0.25, 0.3) is 11.3 Å². The van der Waals surface area contributed by atoms with Crippen LogP contribution in [0, 0.1) is 24.8 Å². The summed E-state index contributed by atoms with van der Waals surface area (Å²) in [5, 5.41) is 3.13. The highest BCUT2D eigenvalue weighted by atomic mass is 16.5. The van der Waals surface area contributed by atoms with Gasteiger partial charge in [-0.2, -0.15) is 0 Å². The number of terminal acetylenes is 2. The summed E-state index contributed by atoms with van der Waals surface area (Å²) in [4.78, 5) is 16.3. The zero-order valence-electron chi connectivity index (χ0n) is 19.5. The third kappa shape index (κ3) is 5.27. The number of hydrogen-bond donors (Lipinski definition) is 1. The van der Waals surface area contributed by atoms with Gasteiger partial charge in [-0.05, 0) is 37.3 Å². The molecule has 0 amide bonds. The maximum absolute atomic E-state index is 6.13. The van der Waals surface area contributed by atoms with Crippen LogP contribution in [-0.4, -0.2) is 35.2 Å². The highest BCUT2D eigenvalue weighted by Gasteiger charge is 2.21. The van der Waals surface area contributed by atoms with Gasteiger partial charge in [-0.1, -0.05) is 34.1 Å². The fourth-order valence-electron chi connectivity index (χ4n) is 3.41. The standard InChI is InChI=1S/C25H33N5O/c1-9-15-21-22(29-23(26-7)25(28-21)31-18(11-3)12-4)19-16-17(10-2)24(30(8)14-6)27-20(19)13-5/h1,6,16,18H,10-13,15H2,2-5,7-8H3,(H,26,29). The fraction of sp³-hybridized carbons (Fsp3) is 0.480. The molecule has 6 nitrogen and oxygen atoms in total. The lowest BCUT2D eigenvalue weighted by atomic mass is 10.0. The molecule has 6 heteroatoms. The van der Waals surface area contributed by atoms with Crippen molar-refractivity contribution in [3.63, 3.8) is 0 Å². The lowest BCUT2D eigenvalue weighted by Gasteiger charge is -2.21. The molecule has 164 valence electrons. The highest BCUT2D eigenvalue weighted by Crippen LogP contribution is 2.33. The van der Waals surface area contributed by atoms with Crippen molar-refractivity contribution in [1.82, 2.24) is 15.0 Å². The Balaban J connectivity index is 2.74. The van der Waals surface area contributed by atoms with Crippen LogP contribution in [0.15, 0.2) is 6.07 Å². The van der Waals surface area contributed by atoms with Crippen LogP contribution >= 0.6 is 0 Å². The monoisotopic (exact) mass is 419 g/mol. The zero-order chi connectivity index (χ0) is 23.0. The maximum atomic E-state index is 6.13. The van der Waals surface area contributed by atoms with Gasteiger partial charge in [0, 0.05) is 25.7 Å². The Labute approximate surface area is 186 Å². The summed E-state index contributed by atoms with van der Waals surface area (Å²) in [5.41, 5.74) is 4.31. The van der Waals surface area contributed by atoms with Gasteiger partial charge in [-0.15, -0.1) is 12.3 Å². The van der Waals surface area contributed by atoms with E-state index in [4.69, 9.17) is 32.5 Å².